The van der Waals surface area contributed by atoms with E-state index in [-0.39, 0.29) is 17.9 Å². The molecule has 0 aliphatic carbocycles. The van der Waals surface area contributed by atoms with Gasteiger partial charge in [0.1, 0.15) is 11.6 Å². The van der Waals surface area contributed by atoms with Crippen LogP contribution in [0.5, 0.6) is 11.5 Å². The first kappa shape index (κ1) is 17.2. The number of carbonyl (C=O) groups excluding carboxylic acids is 2. The smallest absolute Gasteiger partial charge is 0.348 e. The zero-order chi connectivity index (χ0) is 16.5. The molecule has 0 radical (unpaired) electrons. The Labute approximate surface area is 128 Å². The molecule has 0 aliphatic heterocycles. The number of rotatable bonds is 6. The van der Waals surface area contributed by atoms with Crippen molar-refractivity contribution in [3.63, 3.8) is 0 Å². The summed E-state index contributed by atoms with van der Waals surface area (Å²) in [6.07, 6.45) is 1.39. The summed E-state index contributed by atoms with van der Waals surface area (Å²) in [6, 6.07) is 6.52. The Morgan fingerprint density at radius 2 is 1.95 bits per heavy atom. The molecule has 1 rings (SSSR count). The molecule has 0 aliphatic rings. The van der Waals surface area contributed by atoms with Crippen molar-refractivity contribution in [2.45, 2.75) is 20.8 Å². The quantitative estimate of drug-likeness (QED) is 0.347. The van der Waals surface area contributed by atoms with Gasteiger partial charge in [-0.15, -0.1) is 0 Å². The Kier molecular flexibility index (Phi) is 6.64. The largest absolute Gasteiger partial charge is 0.490 e. The summed E-state index contributed by atoms with van der Waals surface area (Å²) in [5, 5.41) is 9.01. The van der Waals surface area contributed by atoms with Crippen LogP contribution in [0.4, 0.5) is 0 Å². The third-order valence-corrected chi connectivity index (χ3v) is 2.45. The predicted molar refractivity (Wildman–Crippen MR) is 79.1 cm³/mol. The van der Waals surface area contributed by atoms with Crippen molar-refractivity contribution in [3.05, 3.63) is 29.3 Å². The Hall–Kier alpha value is -2.81. The van der Waals surface area contributed by atoms with E-state index in [0.717, 1.165) is 0 Å². The van der Waals surface area contributed by atoms with E-state index in [1.54, 1.807) is 38.1 Å². The molecule has 6 nitrogen and oxygen atoms in total. The summed E-state index contributed by atoms with van der Waals surface area (Å²) in [7, 11) is 0. The van der Waals surface area contributed by atoms with Crippen LogP contribution < -0.4 is 9.47 Å². The molecular formula is C16H17NO5. The van der Waals surface area contributed by atoms with Crippen LogP contribution in [0.15, 0.2) is 23.8 Å². The van der Waals surface area contributed by atoms with Crippen LogP contribution in [0.3, 0.4) is 0 Å². The van der Waals surface area contributed by atoms with Crippen LogP contribution in [0.1, 0.15) is 26.3 Å². The van der Waals surface area contributed by atoms with Gasteiger partial charge in [0, 0.05) is 6.92 Å². The first-order chi connectivity index (χ1) is 10.5. The van der Waals surface area contributed by atoms with Crippen molar-refractivity contribution < 1.29 is 23.8 Å². The predicted octanol–water partition coefficient (Wildman–Crippen LogP) is 2.48. The zero-order valence-corrected chi connectivity index (χ0v) is 12.7. The normalized spacial score (nSPS) is 10.5. The van der Waals surface area contributed by atoms with E-state index >= 15 is 0 Å². The molecule has 0 saturated heterocycles. The maximum Gasteiger partial charge on any atom is 0.348 e. The average Bonchev–Trinajstić information content (AvgIpc) is 2.47. The van der Waals surface area contributed by atoms with Gasteiger partial charge in [0.2, 0.25) is 0 Å². The molecule has 0 atom stereocenters. The summed E-state index contributed by atoms with van der Waals surface area (Å²) < 4.78 is 15.2. The molecule has 0 heterocycles. The highest BCUT2D eigenvalue weighted by Gasteiger charge is 2.12. The second kappa shape index (κ2) is 8.47. The fourth-order valence-electron chi connectivity index (χ4n) is 1.63. The average molecular weight is 303 g/mol. The number of hydrogen-bond acceptors (Lipinski definition) is 6. The number of nitrogens with zero attached hydrogens (tertiary/aromatic N) is 1. The first-order valence-electron chi connectivity index (χ1n) is 6.76. The Balaban J connectivity index is 3.15. The van der Waals surface area contributed by atoms with Gasteiger partial charge >= 0.3 is 11.9 Å². The van der Waals surface area contributed by atoms with Gasteiger partial charge in [0.15, 0.2) is 11.5 Å². The number of benzene rings is 1. The summed E-state index contributed by atoms with van der Waals surface area (Å²) in [6.45, 7) is 5.31. The lowest BCUT2D eigenvalue weighted by atomic mass is 10.1. The molecule has 0 unspecified atom stereocenters. The van der Waals surface area contributed by atoms with E-state index in [2.05, 4.69) is 0 Å². The second-order valence-electron chi connectivity index (χ2n) is 4.12. The van der Waals surface area contributed by atoms with E-state index in [1.807, 2.05) is 0 Å². The van der Waals surface area contributed by atoms with E-state index in [1.165, 1.54) is 13.0 Å². The van der Waals surface area contributed by atoms with Crippen LogP contribution in [0, 0.1) is 11.3 Å². The molecular weight excluding hydrogens is 286 g/mol. The third-order valence-electron chi connectivity index (χ3n) is 2.45. The van der Waals surface area contributed by atoms with Gasteiger partial charge in [0.05, 0.1) is 13.2 Å². The van der Waals surface area contributed by atoms with Crippen LogP contribution >= 0.6 is 0 Å². The molecule has 6 heteroatoms. The molecule has 0 spiro atoms. The second-order valence-corrected chi connectivity index (χ2v) is 4.12. The molecule has 0 bridgehead atoms. The summed E-state index contributed by atoms with van der Waals surface area (Å²) >= 11 is 0. The van der Waals surface area contributed by atoms with Gasteiger partial charge in [-0.25, -0.2) is 4.79 Å². The summed E-state index contributed by atoms with van der Waals surface area (Å²) in [5.41, 5.74) is 0.438. The van der Waals surface area contributed by atoms with E-state index in [0.29, 0.717) is 17.9 Å². The molecule has 0 fully saturated rings. The number of nitriles is 1. The van der Waals surface area contributed by atoms with Crippen LogP contribution in [0.2, 0.25) is 0 Å². The molecule has 0 N–H and O–H groups in total. The monoisotopic (exact) mass is 303 g/mol. The molecule has 1 aromatic rings. The number of carbonyl (C=O) groups is 2. The fourth-order valence-corrected chi connectivity index (χ4v) is 1.63. The molecule has 22 heavy (non-hydrogen) atoms. The molecule has 0 saturated carbocycles. The highest BCUT2D eigenvalue weighted by atomic mass is 16.6. The van der Waals surface area contributed by atoms with Crippen molar-refractivity contribution in [2.24, 2.45) is 0 Å². The Bertz CT molecular complexity index is 628. The van der Waals surface area contributed by atoms with E-state index in [9.17, 15) is 9.59 Å². The minimum absolute atomic E-state index is 0.121. The zero-order valence-electron chi connectivity index (χ0n) is 12.7. The Morgan fingerprint density at radius 3 is 2.50 bits per heavy atom. The molecule has 0 aromatic heterocycles. The highest BCUT2D eigenvalue weighted by molar-refractivity contribution is 5.97. The van der Waals surface area contributed by atoms with Gasteiger partial charge in [-0.2, -0.15) is 5.26 Å². The van der Waals surface area contributed by atoms with E-state index < -0.39 is 11.9 Å². The van der Waals surface area contributed by atoms with E-state index in [4.69, 9.17) is 19.5 Å². The summed E-state index contributed by atoms with van der Waals surface area (Å²) in [4.78, 5) is 22.6. The lowest BCUT2D eigenvalue weighted by Gasteiger charge is -2.10. The van der Waals surface area contributed by atoms with Crippen molar-refractivity contribution in [2.75, 3.05) is 13.2 Å². The standard InChI is InChI=1S/C16H17NO5/c1-4-20-15-9-12(6-7-14(15)22-11(3)18)8-13(10-17)16(19)21-5-2/h6-9H,4-5H2,1-3H3/b13-8+. The minimum Gasteiger partial charge on any atom is -0.490 e. The minimum atomic E-state index is -0.688. The van der Waals surface area contributed by atoms with Gasteiger partial charge in [0.25, 0.3) is 0 Å². The van der Waals surface area contributed by atoms with Crippen molar-refractivity contribution in [1.82, 2.24) is 0 Å². The van der Waals surface area contributed by atoms with Gasteiger partial charge in [-0.1, -0.05) is 6.07 Å². The lowest BCUT2D eigenvalue weighted by Crippen LogP contribution is -2.06. The number of ether oxygens (including phenoxy) is 3. The first-order valence-corrected chi connectivity index (χ1v) is 6.76. The molecule has 0 amide bonds. The summed E-state index contributed by atoms with van der Waals surface area (Å²) in [5.74, 6) is -0.519. The maximum atomic E-state index is 11.6. The van der Waals surface area contributed by atoms with Crippen LogP contribution in [-0.2, 0) is 14.3 Å². The fraction of sp³-hybridized carbons (Fsp3) is 0.312. The van der Waals surface area contributed by atoms with Crippen LogP contribution in [-0.4, -0.2) is 25.2 Å². The van der Waals surface area contributed by atoms with Crippen LogP contribution in [0.25, 0.3) is 6.08 Å². The maximum absolute atomic E-state index is 11.6. The third kappa shape index (κ3) is 4.94. The molecule has 116 valence electrons. The van der Waals surface area contributed by atoms with Gasteiger partial charge < -0.3 is 14.2 Å². The van der Waals surface area contributed by atoms with Gasteiger partial charge in [-0.3, -0.25) is 4.79 Å². The number of hydrogen-bond donors (Lipinski definition) is 0. The number of esters is 2. The highest BCUT2D eigenvalue weighted by Crippen LogP contribution is 2.29. The van der Waals surface area contributed by atoms with Gasteiger partial charge in [-0.05, 0) is 37.6 Å². The van der Waals surface area contributed by atoms with Crippen molar-refractivity contribution in [3.8, 4) is 17.6 Å². The van der Waals surface area contributed by atoms with Crippen molar-refractivity contribution >= 4 is 18.0 Å². The topological polar surface area (TPSA) is 85.6 Å². The lowest BCUT2D eigenvalue weighted by molar-refractivity contribution is -0.138. The Morgan fingerprint density at radius 1 is 1.23 bits per heavy atom. The van der Waals surface area contributed by atoms with Crippen molar-refractivity contribution in [1.29, 1.82) is 5.26 Å². The molecule has 1 aromatic carbocycles. The SMILES string of the molecule is CCOC(=O)/C(C#N)=C/c1ccc(OC(C)=O)c(OCC)c1.